The van der Waals surface area contributed by atoms with Crippen molar-refractivity contribution >= 4 is 89.0 Å². The summed E-state index contributed by atoms with van der Waals surface area (Å²) in [5.74, 6) is 0. The van der Waals surface area contributed by atoms with Crippen molar-refractivity contribution in [3.05, 3.63) is 137 Å². The molecule has 14 rings (SSSR count). The fourth-order valence-corrected chi connectivity index (χ4v) is 14.4. The van der Waals surface area contributed by atoms with Gasteiger partial charge in [-0.3, -0.25) is 0 Å². The van der Waals surface area contributed by atoms with Crippen LogP contribution in [0.5, 0.6) is 0 Å². The first-order valence-corrected chi connectivity index (χ1v) is 26.7. The predicted octanol–water partition coefficient (Wildman–Crippen LogP) is 16.5. The molecule has 10 aromatic rings. The first-order chi connectivity index (χ1) is 33.5. The number of fused-ring (bicyclic) bond motifs is 18. The van der Waals surface area contributed by atoms with Crippen LogP contribution < -0.4 is 15.7 Å². The molecule has 3 aromatic heterocycles. The molecule has 0 bridgehead atoms. The summed E-state index contributed by atoms with van der Waals surface area (Å²) in [6, 6.07) is 43.4. The largest absolute Gasteiger partial charge is 0.456 e. The van der Waals surface area contributed by atoms with Gasteiger partial charge in [-0.15, -0.1) is 0 Å². The number of benzene rings is 7. The summed E-state index contributed by atoms with van der Waals surface area (Å²) in [7, 11) is 0. The van der Waals surface area contributed by atoms with Crippen molar-refractivity contribution in [2.45, 2.75) is 155 Å². The molecular weight excluding hydrogens is 862 g/mol. The van der Waals surface area contributed by atoms with Crippen LogP contribution in [-0.4, -0.2) is 21.5 Å². The van der Waals surface area contributed by atoms with E-state index in [1.165, 1.54) is 134 Å². The summed E-state index contributed by atoms with van der Waals surface area (Å²) >= 11 is 0. The Morgan fingerprint density at radius 3 is 1.79 bits per heavy atom. The quantitative estimate of drug-likeness (QED) is 0.153. The van der Waals surface area contributed by atoms with Crippen molar-refractivity contribution in [3.63, 3.8) is 0 Å². The molecule has 0 amide bonds. The number of anilines is 1. The van der Waals surface area contributed by atoms with Gasteiger partial charge in [-0.05, 0) is 141 Å². The summed E-state index contributed by atoms with van der Waals surface area (Å²) < 4.78 is 12.6. The second-order valence-electron chi connectivity index (χ2n) is 26.9. The Hall–Kier alpha value is -6.20. The SMILES string of the molecule is CC(C)(C)c1cc2c3c(c1)-n1c4ccc(C(C)(C)C)cc4c4c1c(cc1c5cc(C(C)(C)C)ccc5n(-c5ccccc5)c14)B3N1c3c-2cc2c(oc4ccc(C(C)(C)C)cc42)c3C2(C)CCCCC12C. The summed E-state index contributed by atoms with van der Waals surface area (Å²) in [5.41, 5.74) is 23.2. The fraction of sp³-hybridized carbons (Fsp3) is 0.364. The van der Waals surface area contributed by atoms with Crippen molar-refractivity contribution < 1.29 is 4.42 Å². The van der Waals surface area contributed by atoms with Gasteiger partial charge in [0.25, 0.3) is 0 Å². The first-order valence-electron chi connectivity index (χ1n) is 26.7. The molecule has 3 aliphatic heterocycles. The van der Waals surface area contributed by atoms with E-state index in [0.717, 1.165) is 24.0 Å². The van der Waals surface area contributed by atoms with Gasteiger partial charge in [0.2, 0.25) is 0 Å². The van der Waals surface area contributed by atoms with E-state index in [2.05, 4.69) is 220 Å². The number of rotatable bonds is 1. The fourth-order valence-electron chi connectivity index (χ4n) is 14.4. The van der Waals surface area contributed by atoms with E-state index in [0.29, 0.717) is 0 Å². The zero-order chi connectivity index (χ0) is 49.4. The van der Waals surface area contributed by atoms with Crippen molar-refractivity contribution in [2.75, 3.05) is 4.81 Å². The molecule has 5 heteroatoms. The van der Waals surface area contributed by atoms with Crippen LogP contribution in [0.15, 0.2) is 114 Å². The lowest BCUT2D eigenvalue weighted by Crippen LogP contribution is -2.70. The highest BCUT2D eigenvalue weighted by atomic mass is 16.3. The lowest BCUT2D eigenvalue weighted by atomic mass is 9.42. The van der Waals surface area contributed by atoms with Crippen LogP contribution in [-0.2, 0) is 27.1 Å². The van der Waals surface area contributed by atoms with Gasteiger partial charge in [-0.25, -0.2) is 0 Å². The third kappa shape index (κ3) is 5.48. The molecule has 2 atom stereocenters. The van der Waals surface area contributed by atoms with Crippen LogP contribution >= 0.6 is 0 Å². The Morgan fingerprint density at radius 1 is 0.521 bits per heavy atom. The Balaban J connectivity index is 1.22. The third-order valence-electron chi connectivity index (χ3n) is 18.6. The first kappa shape index (κ1) is 43.6. The smallest absolute Gasteiger partial charge is 0.328 e. The summed E-state index contributed by atoms with van der Waals surface area (Å²) in [6.45, 7) is 33.6. The number of para-hydroxylation sites is 1. The van der Waals surface area contributed by atoms with Crippen molar-refractivity contribution in [3.8, 4) is 22.5 Å². The van der Waals surface area contributed by atoms with Crippen LogP contribution in [0.3, 0.4) is 0 Å². The maximum absolute atomic E-state index is 7.31. The zero-order valence-electron chi connectivity index (χ0n) is 44.5. The second-order valence-corrected chi connectivity index (χ2v) is 26.9. The molecular formula is C66H68BN3O. The molecule has 1 saturated carbocycles. The normalized spacial score (nSPS) is 19.8. The molecule has 4 aliphatic rings. The highest BCUT2D eigenvalue weighted by Gasteiger charge is 2.64. The lowest BCUT2D eigenvalue weighted by molar-refractivity contribution is 0.199. The van der Waals surface area contributed by atoms with Crippen molar-refractivity contribution in [2.24, 2.45) is 0 Å². The van der Waals surface area contributed by atoms with E-state index in [1.807, 2.05) is 0 Å². The highest BCUT2D eigenvalue weighted by molar-refractivity contribution is 6.93. The van der Waals surface area contributed by atoms with E-state index >= 15 is 0 Å². The number of aromatic nitrogens is 2. The Morgan fingerprint density at radius 2 is 1.13 bits per heavy atom. The Kier molecular flexibility index (Phi) is 8.25. The van der Waals surface area contributed by atoms with E-state index in [4.69, 9.17) is 4.42 Å². The summed E-state index contributed by atoms with van der Waals surface area (Å²) in [5, 5.41) is 7.83. The molecule has 6 heterocycles. The second kappa shape index (κ2) is 13.4. The lowest BCUT2D eigenvalue weighted by Gasteiger charge is -2.54. The van der Waals surface area contributed by atoms with E-state index in [1.54, 1.807) is 0 Å². The number of hydrogen-bond donors (Lipinski definition) is 0. The van der Waals surface area contributed by atoms with Crippen LogP contribution in [0.4, 0.5) is 5.69 Å². The average Bonchev–Trinajstić information content (AvgIpc) is 4.02. The van der Waals surface area contributed by atoms with E-state index < -0.39 is 0 Å². The zero-order valence-corrected chi connectivity index (χ0v) is 44.5. The van der Waals surface area contributed by atoms with Gasteiger partial charge < -0.3 is 18.4 Å². The van der Waals surface area contributed by atoms with Gasteiger partial charge in [0.1, 0.15) is 11.2 Å². The third-order valence-corrected chi connectivity index (χ3v) is 18.6. The number of furan rings is 1. The van der Waals surface area contributed by atoms with Gasteiger partial charge in [0.05, 0.1) is 22.1 Å². The predicted molar refractivity (Wildman–Crippen MR) is 304 cm³/mol. The molecule has 0 radical (unpaired) electrons. The van der Waals surface area contributed by atoms with Gasteiger partial charge in [-0.1, -0.05) is 151 Å². The minimum Gasteiger partial charge on any atom is -0.456 e. The Labute approximate surface area is 420 Å². The molecule has 0 spiro atoms. The monoisotopic (exact) mass is 930 g/mol. The minimum atomic E-state index is -0.180. The standard InChI is InChI=1S/C66H68BN3O/c1-61(2,3)37-22-25-50-42(30-37)46-36-49-59-54(57(46)68(50)41-20-16-15-17-21-41)48-32-38(62(4,5)6)23-26-51(48)69(59)52-34-40(64(10,11)12)33-44-45-35-47-43-31-39(63(7,8)9)24-27-53(43)71-60(47)55-58(45)70(67(49)56(44)52)66(14)29-19-18-28-65(55,66)13/h15-17,20-27,30-36H,18-19,28-29H2,1-14H3. The van der Waals surface area contributed by atoms with Crippen LogP contribution in [0.25, 0.3) is 88.1 Å². The van der Waals surface area contributed by atoms with Crippen LogP contribution in [0.1, 0.15) is 150 Å². The van der Waals surface area contributed by atoms with Gasteiger partial charge >= 0.3 is 6.85 Å². The van der Waals surface area contributed by atoms with Crippen molar-refractivity contribution in [1.82, 2.24) is 9.13 Å². The highest BCUT2D eigenvalue weighted by Crippen LogP contribution is 2.65. The summed E-state index contributed by atoms with van der Waals surface area (Å²) in [4.78, 5) is 3.01. The summed E-state index contributed by atoms with van der Waals surface area (Å²) in [6.07, 6.45) is 4.68. The van der Waals surface area contributed by atoms with Gasteiger partial charge in [0.15, 0.2) is 0 Å². The Bertz CT molecular complexity index is 4020. The molecule has 71 heavy (non-hydrogen) atoms. The topological polar surface area (TPSA) is 26.2 Å². The van der Waals surface area contributed by atoms with Crippen LogP contribution in [0, 0.1) is 0 Å². The van der Waals surface area contributed by atoms with Gasteiger partial charge in [0, 0.05) is 71.5 Å². The molecule has 7 aromatic carbocycles. The molecule has 0 N–H and O–H groups in total. The van der Waals surface area contributed by atoms with E-state index in [-0.39, 0.29) is 39.5 Å². The molecule has 356 valence electrons. The maximum Gasteiger partial charge on any atom is 0.328 e. The maximum atomic E-state index is 7.31. The van der Waals surface area contributed by atoms with Crippen LogP contribution in [0.2, 0.25) is 0 Å². The molecule has 4 nitrogen and oxygen atoms in total. The molecule has 1 fully saturated rings. The molecule has 1 aliphatic carbocycles. The number of hydrogen-bond acceptors (Lipinski definition) is 2. The average molecular weight is 930 g/mol. The molecule has 0 saturated heterocycles. The van der Waals surface area contributed by atoms with Crippen molar-refractivity contribution in [1.29, 1.82) is 0 Å². The number of nitrogens with zero attached hydrogens (tertiary/aromatic N) is 3. The molecule has 2 unspecified atom stereocenters. The minimum absolute atomic E-state index is 0.0138. The van der Waals surface area contributed by atoms with E-state index in [9.17, 15) is 0 Å². The van der Waals surface area contributed by atoms with Gasteiger partial charge in [-0.2, -0.15) is 0 Å².